The van der Waals surface area contributed by atoms with E-state index in [-0.39, 0.29) is 24.8 Å². The Hall–Kier alpha value is -3.09. The topological polar surface area (TPSA) is 74.6 Å². The zero-order valence-corrected chi connectivity index (χ0v) is 16.6. The van der Waals surface area contributed by atoms with E-state index in [2.05, 4.69) is 10.6 Å². The Morgan fingerprint density at radius 2 is 1.66 bits per heavy atom. The summed E-state index contributed by atoms with van der Waals surface area (Å²) in [7, 11) is 0. The fourth-order valence-electron chi connectivity index (χ4n) is 2.81. The maximum atomic E-state index is 12.4. The van der Waals surface area contributed by atoms with Crippen LogP contribution in [0, 0.1) is 0 Å². The number of rotatable bonds is 9. The van der Waals surface area contributed by atoms with Gasteiger partial charge in [0.25, 0.3) is 0 Å². The molecular weight excluding hydrogens is 390 g/mol. The van der Waals surface area contributed by atoms with Gasteiger partial charge in [0.15, 0.2) is 0 Å². The van der Waals surface area contributed by atoms with Gasteiger partial charge in [-0.3, -0.25) is 14.5 Å². The summed E-state index contributed by atoms with van der Waals surface area (Å²) in [5, 5.41) is 6.23. The summed E-state index contributed by atoms with van der Waals surface area (Å²) >= 11 is 5.94. The fraction of sp³-hybridized carbons (Fsp3) is 0.182. The monoisotopic (exact) mass is 411 g/mol. The van der Waals surface area contributed by atoms with Gasteiger partial charge in [-0.1, -0.05) is 35.9 Å². The van der Waals surface area contributed by atoms with Gasteiger partial charge in [0.05, 0.1) is 19.4 Å². The van der Waals surface area contributed by atoms with Gasteiger partial charge in [0.2, 0.25) is 11.8 Å². The van der Waals surface area contributed by atoms with E-state index in [1.54, 1.807) is 36.6 Å². The minimum Gasteiger partial charge on any atom is -0.468 e. The number of nitrogens with zero attached hydrogens (tertiary/aromatic N) is 1. The number of amides is 2. The lowest BCUT2D eigenvalue weighted by Gasteiger charge is -2.20. The zero-order chi connectivity index (χ0) is 20.5. The van der Waals surface area contributed by atoms with Gasteiger partial charge in [0.1, 0.15) is 5.76 Å². The molecule has 3 rings (SSSR count). The van der Waals surface area contributed by atoms with Gasteiger partial charge in [0, 0.05) is 29.4 Å². The van der Waals surface area contributed by atoms with Crippen molar-refractivity contribution in [3.8, 4) is 0 Å². The van der Waals surface area contributed by atoms with Gasteiger partial charge < -0.3 is 15.1 Å². The first kappa shape index (κ1) is 20.6. The van der Waals surface area contributed by atoms with E-state index in [1.807, 2.05) is 41.3 Å². The molecular formula is C22H22ClN3O3. The highest BCUT2D eigenvalue weighted by Crippen LogP contribution is 2.15. The second-order valence-electron chi connectivity index (χ2n) is 6.51. The first-order valence-electron chi connectivity index (χ1n) is 9.23. The van der Waals surface area contributed by atoms with E-state index in [1.165, 1.54) is 0 Å². The van der Waals surface area contributed by atoms with Crippen molar-refractivity contribution in [3.05, 3.63) is 83.8 Å². The van der Waals surface area contributed by atoms with Gasteiger partial charge in [-0.15, -0.1) is 0 Å². The number of furan rings is 1. The third kappa shape index (κ3) is 7.10. The summed E-state index contributed by atoms with van der Waals surface area (Å²) in [6, 6.07) is 19.9. The Labute approximate surface area is 174 Å². The Morgan fingerprint density at radius 3 is 2.38 bits per heavy atom. The van der Waals surface area contributed by atoms with Crippen molar-refractivity contribution in [2.24, 2.45) is 0 Å². The van der Waals surface area contributed by atoms with Crippen molar-refractivity contribution in [1.29, 1.82) is 0 Å². The van der Waals surface area contributed by atoms with E-state index in [0.29, 0.717) is 23.8 Å². The summed E-state index contributed by atoms with van der Waals surface area (Å²) < 4.78 is 5.39. The van der Waals surface area contributed by atoms with Crippen molar-refractivity contribution >= 4 is 34.8 Å². The molecule has 7 heteroatoms. The van der Waals surface area contributed by atoms with E-state index >= 15 is 0 Å². The van der Waals surface area contributed by atoms with Gasteiger partial charge in [-0.2, -0.15) is 0 Å². The van der Waals surface area contributed by atoms with Gasteiger partial charge in [-0.05, 0) is 42.5 Å². The Bertz CT molecular complexity index is 929. The van der Waals surface area contributed by atoms with Crippen LogP contribution in [0.4, 0.5) is 11.4 Å². The molecule has 2 amide bonds. The molecule has 0 radical (unpaired) electrons. The van der Waals surface area contributed by atoms with Crippen molar-refractivity contribution in [2.75, 3.05) is 23.7 Å². The van der Waals surface area contributed by atoms with Crippen LogP contribution in [0.15, 0.2) is 77.4 Å². The maximum Gasteiger partial charge on any atom is 0.238 e. The second kappa shape index (κ2) is 10.5. The van der Waals surface area contributed by atoms with Crippen LogP contribution < -0.4 is 10.6 Å². The molecule has 0 saturated heterocycles. The average molecular weight is 412 g/mol. The number of carbonyl (C=O) groups is 2. The van der Waals surface area contributed by atoms with E-state index in [0.717, 1.165) is 11.4 Å². The van der Waals surface area contributed by atoms with Gasteiger partial charge in [-0.25, -0.2) is 0 Å². The van der Waals surface area contributed by atoms with Crippen LogP contribution in [0.3, 0.4) is 0 Å². The molecule has 1 aromatic heterocycles. The Kier molecular flexibility index (Phi) is 7.44. The van der Waals surface area contributed by atoms with Crippen LogP contribution in [0.2, 0.25) is 5.02 Å². The molecule has 29 heavy (non-hydrogen) atoms. The highest BCUT2D eigenvalue weighted by molar-refractivity contribution is 6.30. The molecule has 0 atom stereocenters. The summed E-state index contributed by atoms with van der Waals surface area (Å²) in [6.45, 7) is 0.967. The Morgan fingerprint density at radius 1 is 0.897 bits per heavy atom. The molecule has 0 saturated carbocycles. The van der Waals surface area contributed by atoms with Crippen molar-refractivity contribution in [2.45, 2.75) is 13.0 Å². The number of hydrogen-bond donors (Lipinski definition) is 2. The molecule has 2 aromatic carbocycles. The minimum absolute atomic E-state index is 0.139. The molecule has 150 valence electrons. The number of nitrogens with one attached hydrogen (secondary N) is 2. The highest BCUT2D eigenvalue weighted by atomic mass is 35.5. The fourth-order valence-corrected chi connectivity index (χ4v) is 3.00. The van der Waals surface area contributed by atoms with E-state index in [4.69, 9.17) is 16.0 Å². The van der Waals surface area contributed by atoms with E-state index < -0.39 is 0 Å². The van der Waals surface area contributed by atoms with Crippen molar-refractivity contribution < 1.29 is 14.0 Å². The maximum absolute atomic E-state index is 12.4. The normalized spacial score (nSPS) is 10.7. The lowest BCUT2D eigenvalue weighted by Crippen LogP contribution is -2.35. The molecule has 0 fully saturated rings. The smallest absolute Gasteiger partial charge is 0.238 e. The predicted molar refractivity (Wildman–Crippen MR) is 114 cm³/mol. The number of benzene rings is 2. The molecule has 3 aromatic rings. The Balaban J connectivity index is 1.56. The van der Waals surface area contributed by atoms with Crippen LogP contribution in [0.25, 0.3) is 0 Å². The van der Waals surface area contributed by atoms with Gasteiger partial charge >= 0.3 is 0 Å². The van der Waals surface area contributed by atoms with Crippen LogP contribution in [-0.4, -0.2) is 29.8 Å². The van der Waals surface area contributed by atoms with Crippen LogP contribution in [0.5, 0.6) is 0 Å². The zero-order valence-electron chi connectivity index (χ0n) is 15.8. The molecule has 0 aliphatic carbocycles. The lowest BCUT2D eigenvalue weighted by atomic mass is 10.2. The van der Waals surface area contributed by atoms with Crippen LogP contribution >= 0.6 is 11.6 Å². The predicted octanol–water partition coefficient (Wildman–Crippen LogP) is 4.40. The molecule has 0 bridgehead atoms. The summed E-state index contributed by atoms with van der Waals surface area (Å²) in [5.74, 6) is 0.422. The van der Waals surface area contributed by atoms with E-state index in [9.17, 15) is 9.59 Å². The largest absolute Gasteiger partial charge is 0.468 e. The molecule has 1 heterocycles. The standard InChI is InChI=1S/C22H22ClN3O3/c23-17-6-4-9-19(14-17)25-21(27)11-12-26(15-20-10-5-13-29-20)16-22(28)24-18-7-2-1-3-8-18/h1-10,13-14H,11-12,15-16H2,(H,24,28)(H,25,27). The number of carbonyl (C=O) groups excluding carboxylic acids is 2. The molecule has 0 aliphatic rings. The number of halogens is 1. The number of anilines is 2. The second-order valence-corrected chi connectivity index (χ2v) is 6.95. The minimum atomic E-state index is -0.155. The molecule has 0 spiro atoms. The number of para-hydroxylation sites is 1. The summed E-state index contributed by atoms with van der Waals surface area (Å²) in [6.07, 6.45) is 1.81. The molecule has 0 aliphatic heterocycles. The SMILES string of the molecule is O=C(CCN(CC(=O)Nc1ccccc1)Cc1ccco1)Nc1cccc(Cl)c1. The average Bonchev–Trinajstić information content (AvgIpc) is 3.20. The van der Waals surface area contributed by atoms with Crippen molar-refractivity contribution in [3.63, 3.8) is 0 Å². The molecule has 6 nitrogen and oxygen atoms in total. The third-order valence-electron chi connectivity index (χ3n) is 4.15. The first-order valence-corrected chi connectivity index (χ1v) is 9.61. The highest BCUT2D eigenvalue weighted by Gasteiger charge is 2.15. The molecule has 0 unspecified atom stereocenters. The lowest BCUT2D eigenvalue weighted by molar-refractivity contribution is -0.119. The summed E-state index contributed by atoms with van der Waals surface area (Å²) in [5.41, 5.74) is 1.37. The molecule has 2 N–H and O–H groups in total. The quantitative estimate of drug-likeness (QED) is 0.547. The summed E-state index contributed by atoms with van der Waals surface area (Å²) in [4.78, 5) is 26.6. The van der Waals surface area contributed by atoms with Crippen LogP contribution in [-0.2, 0) is 16.1 Å². The third-order valence-corrected chi connectivity index (χ3v) is 4.38. The number of hydrogen-bond acceptors (Lipinski definition) is 4. The van der Waals surface area contributed by atoms with Crippen molar-refractivity contribution in [1.82, 2.24) is 4.90 Å². The van der Waals surface area contributed by atoms with Crippen LogP contribution in [0.1, 0.15) is 12.2 Å². The first-order chi connectivity index (χ1) is 14.1.